The average Bonchev–Trinajstić information content (AvgIpc) is 1.43. The van der Waals surface area contributed by atoms with Gasteiger partial charge >= 0.3 is 0 Å². The SMILES string of the molecule is CC1(C)c2ccccc2-c2c(-c3cccc(-c4c5ccccc5c(-c5cc6cccc7oc8cccc5c8c67)c5ccccc45)c3)cccc21.CC1(C)c2ccccc2-c2c(-c3ccccc3-c3c4ccccc4c(-c4cc5cccc6oc7cccc4c7c56)c4ccccc34)cccc21.CC1(C)c2ccccc2-c2ccc(-c3ccccc3-c3c4ccccc4c(-c4cc5cccc6oc7cccc4c7c56)c4ccccc34)cc21. The number of furan rings is 3. The maximum atomic E-state index is 6.38. The van der Waals surface area contributed by atoms with E-state index in [1.54, 1.807) is 0 Å². The molecule has 150 heavy (non-hydrogen) atoms. The monoisotopic (exact) mass is 1910 g/mol. The molecule has 0 aliphatic heterocycles. The van der Waals surface area contributed by atoms with Crippen molar-refractivity contribution in [3.63, 3.8) is 0 Å². The van der Waals surface area contributed by atoms with E-state index in [4.69, 9.17) is 13.3 Å². The Morgan fingerprint density at radius 1 is 0.127 bits per heavy atom. The summed E-state index contributed by atoms with van der Waals surface area (Å²) in [5, 5.41) is 29.6. The number of rotatable bonds is 9. The molecule has 0 N–H and O–H groups in total. The van der Waals surface area contributed by atoms with Gasteiger partial charge in [-0.2, -0.15) is 0 Å². The number of hydrogen-bond acceptors (Lipinski definition) is 3. The lowest BCUT2D eigenvalue weighted by Gasteiger charge is -2.23. The minimum absolute atomic E-state index is 0.0390. The van der Waals surface area contributed by atoms with Crippen molar-refractivity contribution in [3.8, 4) is 134 Å². The molecule has 3 aliphatic rings. The van der Waals surface area contributed by atoms with E-state index in [0.717, 1.165) is 33.5 Å². The van der Waals surface area contributed by atoms with E-state index in [1.165, 1.54) is 296 Å². The summed E-state index contributed by atoms with van der Waals surface area (Å²) in [6, 6.07) is 175. The van der Waals surface area contributed by atoms with Crippen LogP contribution in [0, 0.1) is 0 Å². The lowest BCUT2D eigenvalue weighted by atomic mass is 9.80. The molecular formula is C147H96O3. The molecule has 33 rings (SSSR count). The van der Waals surface area contributed by atoms with E-state index in [9.17, 15) is 0 Å². The molecule has 3 heterocycles. The summed E-state index contributed by atoms with van der Waals surface area (Å²) in [5.41, 5.74) is 44.7. The second kappa shape index (κ2) is 32.2. The van der Waals surface area contributed by atoms with Crippen LogP contribution in [0.5, 0.6) is 0 Å². The first-order chi connectivity index (χ1) is 73.7. The van der Waals surface area contributed by atoms with Crippen LogP contribution in [-0.4, -0.2) is 0 Å². The minimum Gasteiger partial charge on any atom is -0.456 e. The summed E-state index contributed by atoms with van der Waals surface area (Å²) >= 11 is 0. The van der Waals surface area contributed by atoms with Gasteiger partial charge in [0.15, 0.2) is 0 Å². The van der Waals surface area contributed by atoms with Crippen molar-refractivity contribution in [2.45, 2.75) is 57.8 Å². The van der Waals surface area contributed by atoms with Crippen molar-refractivity contribution in [1.29, 1.82) is 0 Å². The maximum absolute atomic E-state index is 6.38. The Morgan fingerprint density at radius 3 is 0.773 bits per heavy atom. The third-order valence-corrected chi connectivity index (χ3v) is 34.3. The van der Waals surface area contributed by atoms with Crippen molar-refractivity contribution in [2.24, 2.45) is 0 Å². The summed E-state index contributed by atoms with van der Waals surface area (Å²) in [6.45, 7) is 14.2. The Kier molecular flexibility index (Phi) is 18.4. The fraction of sp³-hybridized carbons (Fsp3) is 0.0612. The first-order valence-electron chi connectivity index (χ1n) is 52.6. The van der Waals surface area contributed by atoms with E-state index < -0.39 is 0 Å². The van der Waals surface area contributed by atoms with Gasteiger partial charge in [-0.1, -0.05) is 448 Å². The highest BCUT2D eigenvalue weighted by Gasteiger charge is 2.41. The molecule has 0 amide bonds. The summed E-state index contributed by atoms with van der Waals surface area (Å²) in [6.07, 6.45) is 0. The molecule has 0 bridgehead atoms. The second-order valence-electron chi connectivity index (χ2n) is 43.1. The van der Waals surface area contributed by atoms with E-state index in [-0.39, 0.29) is 16.2 Å². The molecule has 3 heteroatoms. The molecule has 0 radical (unpaired) electrons. The van der Waals surface area contributed by atoms with Gasteiger partial charge in [-0.3, -0.25) is 0 Å². The van der Waals surface area contributed by atoms with Crippen LogP contribution in [0.2, 0.25) is 0 Å². The normalized spacial score (nSPS) is 13.6. The quantitative estimate of drug-likeness (QED) is 0.107. The van der Waals surface area contributed by atoms with Gasteiger partial charge in [0.05, 0.1) is 0 Å². The zero-order valence-electron chi connectivity index (χ0n) is 83.8. The van der Waals surface area contributed by atoms with Crippen LogP contribution >= 0.6 is 0 Å². The topological polar surface area (TPSA) is 39.4 Å². The summed E-state index contributed by atoms with van der Waals surface area (Å²) in [5.74, 6) is 0. The van der Waals surface area contributed by atoms with Crippen LogP contribution in [0.4, 0.5) is 0 Å². The van der Waals surface area contributed by atoms with Crippen LogP contribution in [0.25, 0.3) is 296 Å². The number of benzene rings is 27. The maximum Gasteiger partial charge on any atom is 0.136 e. The Hall–Kier alpha value is -18.5. The van der Waals surface area contributed by atoms with Gasteiger partial charge in [0.2, 0.25) is 0 Å². The summed E-state index contributed by atoms with van der Waals surface area (Å²) in [7, 11) is 0. The fourth-order valence-electron chi connectivity index (χ4n) is 27.8. The number of fused-ring (bicyclic) bond motifs is 15. The highest BCUT2D eigenvalue weighted by Crippen LogP contribution is 2.61. The molecule has 3 aliphatic carbocycles. The Morgan fingerprint density at radius 2 is 0.373 bits per heavy atom. The summed E-state index contributed by atoms with van der Waals surface area (Å²) < 4.78 is 19.1. The van der Waals surface area contributed by atoms with Gasteiger partial charge in [0.1, 0.15) is 33.5 Å². The molecule has 0 spiro atoms. The van der Waals surface area contributed by atoms with Crippen LogP contribution in [0.1, 0.15) is 74.9 Å². The van der Waals surface area contributed by atoms with Crippen molar-refractivity contribution in [3.05, 3.63) is 507 Å². The van der Waals surface area contributed by atoms with Crippen LogP contribution in [0.15, 0.2) is 486 Å². The Bertz CT molecular complexity index is 10800. The molecule has 0 fully saturated rings. The van der Waals surface area contributed by atoms with Gasteiger partial charge in [-0.25, -0.2) is 0 Å². The largest absolute Gasteiger partial charge is 0.456 e. The summed E-state index contributed by atoms with van der Waals surface area (Å²) in [4.78, 5) is 0. The van der Waals surface area contributed by atoms with E-state index in [0.29, 0.717) is 0 Å². The lowest BCUT2D eigenvalue weighted by molar-refractivity contribution is 0.660. The Labute approximate surface area is 867 Å². The standard InChI is InChI=1S/3C49H32O/c1-49(2)40-23-8-7-20-38(40)47-32(21-11-24-41(47)49)29-13-9-14-30(27-29)44-33-16-3-5-18-35(33)46(36-19-6-4-17-34(36)44)39-28-31-15-10-25-42-45(31)48-37(39)22-12-26-43(48)50-42;1-49(2)40-24-10-9-21-38(40)47-32(22-12-25-41(47)49)30-15-3-4-16-31(30)45-33-17-5-7-19-35(33)46(36-20-8-6-18-34(36)45)39-28-29-14-11-26-42-44(29)48-37(39)23-13-27-43(48)50-42;1-49(2)41-22-10-9-15-32(41)33-26-25-29(28-42(33)49)31-14-3-4-16-34(31)46-35-17-5-7-19-37(35)47(38-20-8-6-18-36(38)46)40-27-30-13-11-23-43-45(30)48-39(40)21-12-24-44(48)50-43/h3*3-28H,1-2H3. The van der Waals surface area contributed by atoms with Crippen molar-refractivity contribution in [1.82, 2.24) is 0 Å². The van der Waals surface area contributed by atoms with Gasteiger partial charge in [0.25, 0.3) is 0 Å². The minimum atomic E-state index is -0.0618. The second-order valence-corrected chi connectivity index (χ2v) is 43.1. The smallest absolute Gasteiger partial charge is 0.136 e. The van der Waals surface area contributed by atoms with Gasteiger partial charge in [-0.05, 0) is 331 Å². The van der Waals surface area contributed by atoms with E-state index >= 15 is 0 Å². The Balaban J connectivity index is 0.000000101. The molecule has 702 valence electrons. The zero-order valence-corrected chi connectivity index (χ0v) is 83.8. The first kappa shape index (κ1) is 85.8. The first-order valence-corrected chi connectivity index (χ1v) is 52.6. The van der Waals surface area contributed by atoms with Crippen molar-refractivity contribution >= 4 is 163 Å². The molecule has 27 aromatic carbocycles. The van der Waals surface area contributed by atoms with Crippen LogP contribution in [-0.2, 0) is 16.2 Å². The highest BCUT2D eigenvalue weighted by molar-refractivity contribution is 6.35. The zero-order chi connectivity index (χ0) is 99.4. The van der Waals surface area contributed by atoms with Crippen LogP contribution < -0.4 is 0 Å². The van der Waals surface area contributed by atoms with Crippen molar-refractivity contribution < 1.29 is 13.3 Å². The third-order valence-electron chi connectivity index (χ3n) is 34.3. The molecule has 3 nitrogen and oxygen atoms in total. The third kappa shape index (κ3) is 12.3. The molecule has 0 saturated heterocycles. The highest BCUT2D eigenvalue weighted by atomic mass is 16.3. The predicted molar refractivity (Wildman–Crippen MR) is 634 cm³/mol. The lowest BCUT2D eigenvalue weighted by Crippen LogP contribution is -2.14. The van der Waals surface area contributed by atoms with Crippen molar-refractivity contribution in [2.75, 3.05) is 0 Å². The molecule has 0 atom stereocenters. The van der Waals surface area contributed by atoms with Crippen LogP contribution in [0.3, 0.4) is 0 Å². The molecule has 30 aromatic rings. The molecule has 3 aromatic heterocycles. The van der Waals surface area contributed by atoms with Gasteiger partial charge in [-0.15, -0.1) is 0 Å². The average molecular weight is 1910 g/mol. The molecule has 0 unspecified atom stereocenters. The van der Waals surface area contributed by atoms with E-state index in [1.807, 2.05) is 0 Å². The van der Waals surface area contributed by atoms with E-state index in [2.05, 4.69) is 515 Å². The fourth-order valence-corrected chi connectivity index (χ4v) is 27.8. The predicted octanol–water partition coefficient (Wildman–Crippen LogP) is 41.4. The number of hydrogen-bond donors (Lipinski definition) is 0. The van der Waals surface area contributed by atoms with Gasteiger partial charge in [0, 0.05) is 48.6 Å². The molecule has 0 saturated carbocycles. The molecular weight excluding hydrogens is 1810 g/mol. The van der Waals surface area contributed by atoms with Gasteiger partial charge < -0.3 is 13.3 Å².